The highest BCUT2D eigenvalue weighted by atomic mass is 32.2. The summed E-state index contributed by atoms with van der Waals surface area (Å²) in [4.78, 5) is 4.10. The third-order valence-electron chi connectivity index (χ3n) is 2.74. The number of halogens is 1. The Labute approximate surface area is 97.1 Å². The molecule has 1 fully saturated rings. The SMILES string of the molecule is CNC1=N[C@@H]2[C@H](F)[C@H](O)[C@@H](CCO)O[C@@H]2S1. The number of aliphatic hydroxyl groups excluding tert-OH is 2. The van der Waals surface area contributed by atoms with E-state index in [4.69, 9.17) is 9.84 Å². The van der Waals surface area contributed by atoms with Gasteiger partial charge in [-0.25, -0.2) is 4.39 Å². The number of thioether (sulfide) groups is 1. The van der Waals surface area contributed by atoms with E-state index in [0.717, 1.165) is 0 Å². The van der Waals surface area contributed by atoms with Crippen LogP contribution in [0, 0.1) is 0 Å². The van der Waals surface area contributed by atoms with Gasteiger partial charge in [0, 0.05) is 13.7 Å². The number of aliphatic hydroxyl groups is 2. The lowest BCUT2D eigenvalue weighted by atomic mass is 9.98. The van der Waals surface area contributed by atoms with E-state index in [9.17, 15) is 9.50 Å². The van der Waals surface area contributed by atoms with Crippen molar-refractivity contribution in [2.24, 2.45) is 4.99 Å². The molecule has 0 aromatic carbocycles. The van der Waals surface area contributed by atoms with Crippen molar-refractivity contribution in [2.45, 2.75) is 36.3 Å². The van der Waals surface area contributed by atoms with Crippen LogP contribution in [0.1, 0.15) is 6.42 Å². The lowest BCUT2D eigenvalue weighted by Gasteiger charge is -2.36. The highest BCUT2D eigenvalue weighted by Gasteiger charge is 2.48. The summed E-state index contributed by atoms with van der Waals surface area (Å²) >= 11 is 1.31. The van der Waals surface area contributed by atoms with E-state index in [2.05, 4.69) is 10.3 Å². The summed E-state index contributed by atoms with van der Waals surface area (Å²) in [6.07, 6.45) is -3.07. The minimum absolute atomic E-state index is 0.129. The maximum absolute atomic E-state index is 13.9. The van der Waals surface area contributed by atoms with E-state index in [1.54, 1.807) is 7.05 Å². The first-order chi connectivity index (χ1) is 7.67. The zero-order chi connectivity index (χ0) is 11.7. The molecule has 0 saturated carbocycles. The number of alkyl halides is 1. The molecule has 0 spiro atoms. The molecule has 0 aromatic rings. The van der Waals surface area contributed by atoms with Gasteiger partial charge in [0.2, 0.25) is 0 Å². The van der Waals surface area contributed by atoms with E-state index in [1.165, 1.54) is 11.8 Å². The summed E-state index contributed by atoms with van der Waals surface area (Å²) < 4.78 is 19.4. The van der Waals surface area contributed by atoms with Gasteiger partial charge in [-0.1, -0.05) is 11.8 Å². The van der Waals surface area contributed by atoms with Gasteiger partial charge in [-0.05, 0) is 6.42 Å². The summed E-state index contributed by atoms with van der Waals surface area (Å²) in [7, 11) is 1.71. The Morgan fingerprint density at radius 3 is 3.00 bits per heavy atom. The van der Waals surface area contributed by atoms with Crippen LogP contribution in [0.3, 0.4) is 0 Å². The summed E-state index contributed by atoms with van der Waals surface area (Å²) in [5.41, 5.74) is -0.405. The second-order valence-electron chi connectivity index (χ2n) is 3.78. The molecule has 5 nitrogen and oxygen atoms in total. The molecule has 2 rings (SSSR count). The van der Waals surface area contributed by atoms with Gasteiger partial charge in [-0.15, -0.1) is 0 Å². The summed E-state index contributed by atoms with van der Waals surface area (Å²) in [5, 5.41) is 21.9. The van der Waals surface area contributed by atoms with Crippen molar-refractivity contribution in [1.29, 1.82) is 0 Å². The van der Waals surface area contributed by atoms with E-state index in [-0.39, 0.29) is 13.0 Å². The Morgan fingerprint density at radius 2 is 2.38 bits per heavy atom. The normalized spacial score (nSPS) is 42.8. The number of hydrogen-bond acceptors (Lipinski definition) is 6. The molecule has 0 bridgehead atoms. The molecule has 1 saturated heterocycles. The second-order valence-corrected chi connectivity index (χ2v) is 4.87. The molecule has 92 valence electrons. The number of nitrogens with one attached hydrogen (secondary N) is 1. The quantitative estimate of drug-likeness (QED) is 0.615. The van der Waals surface area contributed by atoms with Crippen LogP contribution < -0.4 is 5.32 Å². The van der Waals surface area contributed by atoms with Crippen LogP contribution in [0.15, 0.2) is 4.99 Å². The first kappa shape index (κ1) is 12.1. The number of nitrogens with zero attached hydrogens (tertiary/aromatic N) is 1. The summed E-state index contributed by atoms with van der Waals surface area (Å²) in [6.45, 7) is -0.129. The van der Waals surface area contributed by atoms with Crippen molar-refractivity contribution in [3.8, 4) is 0 Å². The van der Waals surface area contributed by atoms with Gasteiger partial charge in [0.05, 0.1) is 6.10 Å². The molecule has 5 atom stereocenters. The van der Waals surface area contributed by atoms with Crippen molar-refractivity contribution < 1.29 is 19.3 Å². The Kier molecular flexibility index (Phi) is 3.68. The van der Waals surface area contributed by atoms with Gasteiger partial charge in [0.15, 0.2) is 11.3 Å². The van der Waals surface area contributed by atoms with Crippen molar-refractivity contribution in [3.05, 3.63) is 0 Å². The van der Waals surface area contributed by atoms with E-state index < -0.39 is 29.9 Å². The smallest absolute Gasteiger partial charge is 0.159 e. The molecular formula is C9H15FN2O3S. The monoisotopic (exact) mass is 250 g/mol. The number of aliphatic imine (C=N–C) groups is 1. The largest absolute Gasteiger partial charge is 0.396 e. The van der Waals surface area contributed by atoms with Gasteiger partial charge in [0.1, 0.15) is 17.6 Å². The van der Waals surface area contributed by atoms with Crippen molar-refractivity contribution in [3.63, 3.8) is 0 Å². The lowest BCUT2D eigenvalue weighted by Crippen LogP contribution is -2.52. The zero-order valence-electron chi connectivity index (χ0n) is 8.84. The van der Waals surface area contributed by atoms with Crippen LogP contribution in [0.4, 0.5) is 4.39 Å². The van der Waals surface area contributed by atoms with Crippen LogP contribution in [0.2, 0.25) is 0 Å². The minimum Gasteiger partial charge on any atom is -0.396 e. The van der Waals surface area contributed by atoms with E-state index >= 15 is 0 Å². The average molecular weight is 250 g/mol. The van der Waals surface area contributed by atoms with Crippen LogP contribution in [-0.2, 0) is 4.74 Å². The number of rotatable bonds is 2. The highest BCUT2D eigenvalue weighted by molar-refractivity contribution is 8.14. The Balaban J connectivity index is 2.08. The first-order valence-corrected chi connectivity index (χ1v) is 6.06. The molecule has 16 heavy (non-hydrogen) atoms. The third kappa shape index (κ3) is 2.04. The molecule has 0 unspecified atom stereocenters. The number of fused-ring (bicyclic) bond motifs is 1. The Morgan fingerprint density at radius 1 is 1.62 bits per heavy atom. The van der Waals surface area contributed by atoms with Gasteiger partial charge < -0.3 is 20.3 Å². The molecule has 0 aliphatic carbocycles. The van der Waals surface area contributed by atoms with Gasteiger partial charge >= 0.3 is 0 Å². The standard InChI is InChI=1S/C9H15FN2O3S/c1-11-9-12-6-5(10)7(14)4(2-3-13)15-8(6)16-9/h4-8,13-14H,2-3H2,1H3,(H,11,12)/t4-,5+,6-,7-,8-/m1/s1. The molecule has 7 heteroatoms. The number of hydrogen-bond donors (Lipinski definition) is 3. The van der Waals surface area contributed by atoms with Crippen LogP contribution >= 0.6 is 11.8 Å². The second kappa shape index (κ2) is 4.87. The van der Waals surface area contributed by atoms with E-state index in [1.807, 2.05) is 0 Å². The number of ether oxygens (including phenoxy) is 1. The first-order valence-electron chi connectivity index (χ1n) is 5.18. The van der Waals surface area contributed by atoms with Crippen LogP contribution in [0.25, 0.3) is 0 Å². The van der Waals surface area contributed by atoms with Crippen molar-refractivity contribution in [1.82, 2.24) is 5.32 Å². The zero-order valence-corrected chi connectivity index (χ0v) is 9.65. The predicted molar refractivity (Wildman–Crippen MR) is 59.1 cm³/mol. The molecule has 3 N–H and O–H groups in total. The predicted octanol–water partition coefficient (Wildman–Crippen LogP) is -0.516. The average Bonchev–Trinajstić information content (AvgIpc) is 2.69. The van der Waals surface area contributed by atoms with E-state index in [0.29, 0.717) is 5.17 Å². The molecule has 0 radical (unpaired) electrons. The van der Waals surface area contributed by atoms with Crippen molar-refractivity contribution in [2.75, 3.05) is 13.7 Å². The van der Waals surface area contributed by atoms with Crippen LogP contribution in [0.5, 0.6) is 0 Å². The summed E-state index contributed by atoms with van der Waals surface area (Å²) in [5.74, 6) is 0. The number of amidine groups is 1. The maximum atomic E-state index is 13.9. The fraction of sp³-hybridized carbons (Fsp3) is 0.889. The fourth-order valence-electron chi connectivity index (χ4n) is 1.89. The van der Waals surface area contributed by atoms with Gasteiger partial charge in [-0.2, -0.15) is 0 Å². The molecule has 2 heterocycles. The highest BCUT2D eigenvalue weighted by Crippen LogP contribution is 2.37. The molecule has 2 aliphatic rings. The topological polar surface area (TPSA) is 74.1 Å². The maximum Gasteiger partial charge on any atom is 0.159 e. The fourth-order valence-corrected chi connectivity index (χ4v) is 2.95. The molecular weight excluding hydrogens is 235 g/mol. The van der Waals surface area contributed by atoms with Crippen molar-refractivity contribution >= 4 is 16.9 Å². The minimum atomic E-state index is -1.44. The Hall–Kier alpha value is -0.370. The lowest BCUT2D eigenvalue weighted by molar-refractivity contribution is -0.136. The Bertz CT molecular complexity index is 292. The molecule has 2 aliphatic heterocycles. The molecule has 0 aromatic heterocycles. The molecule has 0 amide bonds. The van der Waals surface area contributed by atoms with Gasteiger partial charge in [-0.3, -0.25) is 4.99 Å². The van der Waals surface area contributed by atoms with Gasteiger partial charge in [0.25, 0.3) is 0 Å². The van der Waals surface area contributed by atoms with Crippen LogP contribution in [-0.4, -0.2) is 58.9 Å². The third-order valence-corrected chi connectivity index (χ3v) is 3.90. The summed E-state index contributed by atoms with van der Waals surface area (Å²) in [6, 6.07) is -0.655.